The molecule has 0 bridgehead atoms. The van der Waals surface area contributed by atoms with Crippen LogP contribution in [0.1, 0.15) is 79.1 Å². The maximum absolute atomic E-state index is 5.71. The second-order valence-electron chi connectivity index (χ2n) is 6.21. The van der Waals surface area contributed by atoms with E-state index in [0.717, 1.165) is 12.5 Å². The Balaban J connectivity index is 3.88. The summed E-state index contributed by atoms with van der Waals surface area (Å²) < 4.78 is 0. The Hall–Kier alpha value is -0.0800. The Morgan fingerprint density at radius 3 is 2.05 bits per heavy atom. The Labute approximate surface area is 122 Å². The molecule has 0 rings (SSSR count). The van der Waals surface area contributed by atoms with Gasteiger partial charge < -0.3 is 10.6 Å². The first-order valence-electron chi connectivity index (χ1n) is 8.59. The van der Waals surface area contributed by atoms with Crippen molar-refractivity contribution >= 4 is 0 Å². The number of hydrogen-bond acceptors (Lipinski definition) is 2. The predicted octanol–water partition coefficient (Wildman–Crippen LogP) is 4.43. The normalized spacial score (nSPS) is 13.4. The van der Waals surface area contributed by atoms with Gasteiger partial charge in [0.1, 0.15) is 0 Å². The summed E-state index contributed by atoms with van der Waals surface area (Å²) in [5.41, 5.74) is 5.71. The van der Waals surface area contributed by atoms with E-state index < -0.39 is 0 Å². The van der Waals surface area contributed by atoms with Crippen LogP contribution < -0.4 is 5.73 Å². The molecule has 0 saturated heterocycles. The van der Waals surface area contributed by atoms with Crippen molar-refractivity contribution in [2.45, 2.75) is 85.1 Å². The van der Waals surface area contributed by atoms with Crippen molar-refractivity contribution in [2.24, 2.45) is 11.7 Å². The molecule has 0 heterocycles. The summed E-state index contributed by atoms with van der Waals surface area (Å²) in [6.45, 7) is 12.6. The van der Waals surface area contributed by atoms with E-state index in [0.29, 0.717) is 6.04 Å². The molecular formula is C17H38N2. The summed E-state index contributed by atoms with van der Waals surface area (Å²) in [6.07, 6.45) is 10.6. The van der Waals surface area contributed by atoms with Crippen molar-refractivity contribution in [1.82, 2.24) is 4.90 Å². The van der Waals surface area contributed by atoms with Crippen molar-refractivity contribution < 1.29 is 0 Å². The van der Waals surface area contributed by atoms with Crippen LogP contribution in [0.25, 0.3) is 0 Å². The summed E-state index contributed by atoms with van der Waals surface area (Å²) in [4.78, 5) is 2.65. The molecule has 0 radical (unpaired) electrons. The maximum Gasteiger partial charge on any atom is 0.00385 e. The van der Waals surface area contributed by atoms with Crippen molar-refractivity contribution in [1.29, 1.82) is 0 Å². The van der Waals surface area contributed by atoms with Crippen molar-refractivity contribution in [2.75, 3.05) is 19.6 Å². The highest BCUT2D eigenvalue weighted by atomic mass is 15.1. The SMILES string of the molecule is CCCCCN(CCCC(CCC)CCN)C(C)C. The van der Waals surface area contributed by atoms with E-state index in [4.69, 9.17) is 5.73 Å². The highest BCUT2D eigenvalue weighted by Crippen LogP contribution is 2.17. The third-order valence-electron chi connectivity index (χ3n) is 4.11. The average molecular weight is 271 g/mol. The summed E-state index contributed by atoms with van der Waals surface area (Å²) in [5, 5.41) is 0. The quantitative estimate of drug-likeness (QED) is 0.502. The third-order valence-corrected chi connectivity index (χ3v) is 4.11. The van der Waals surface area contributed by atoms with Crippen LogP contribution >= 0.6 is 0 Å². The fourth-order valence-corrected chi connectivity index (χ4v) is 2.85. The van der Waals surface area contributed by atoms with Gasteiger partial charge in [-0.15, -0.1) is 0 Å². The Kier molecular flexibility index (Phi) is 12.9. The molecule has 0 aromatic heterocycles. The van der Waals surface area contributed by atoms with Crippen LogP contribution in [-0.2, 0) is 0 Å². The van der Waals surface area contributed by atoms with E-state index in [1.165, 1.54) is 64.5 Å². The molecular weight excluding hydrogens is 232 g/mol. The molecule has 1 atom stereocenters. The Bertz CT molecular complexity index is 174. The first-order valence-corrected chi connectivity index (χ1v) is 8.59. The summed E-state index contributed by atoms with van der Waals surface area (Å²) in [7, 11) is 0. The molecule has 2 heteroatoms. The van der Waals surface area contributed by atoms with Crippen LogP contribution in [0.5, 0.6) is 0 Å². The summed E-state index contributed by atoms with van der Waals surface area (Å²) in [5.74, 6) is 0.861. The monoisotopic (exact) mass is 270 g/mol. The maximum atomic E-state index is 5.71. The van der Waals surface area contributed by atoms with Gasteiger partial charge in [-0.1, -0.05) is 39.5 Å². The van der Waals surface area contributed by atoms with Gasteiger partial charge in [0, 0.05) is 6.04 Å². The molecule has 2 nitrogen and oxygen atoms in total. The van der Waals surface area contributed by atoms with E-state index in [1.807, 2.05) is 0 Å². The van der Waals surface area contributed by atoms with Crippen LogP contribution in [0.15, 0.2) is 0 Å². The lowest BCUT2D eigenvalue weighted by atomic mass is 9.94. The molecule has 0 fully saturated rings. The smallest absolute Gasteiger partial charge is 0.00385 e. The van der Waals surface area contributed by atoms with Crippen LogP contribution in [0.2, 0.25) is 0 Å². The summed E-state index contributed by atoms with van der Waals surface area (Å²) >= 11 is 0. The molecule has 0 spiro atoms. The van der Waals surface area contributed by atoms with Gasteiger partial charge in [-0.25, -0.2) is 0 Å². The van der Waals surface area contributed by atoms with Gasteiger partial charge in [-0.05, 0) is 65.1 Å². The molecule has 0 aliphatic heterocycles. The Morgan fingerprint density at radius 1 is 0.842 bits per heavy atom. The van der Waals surface area contributed by atoms with Gasteiger partial charge in [-0.2, -0.15) is 0 Å². The molecule has 116 valence electrons. The van der Waals surface area contributed by atoms with Gasteiger partial charge >= 0.3 is 0 Å². The van der Waals surface area contributed by atoms with Crippen molar-refractivity contribution in [3.8, 4) is 0 Å². The standard InChI is InChI=1S/C17H38N2/c1-5-7-8-14-19(16(3)4)15-9-11-17(10-6-2)12-13-18/h16-17H,5-15,18H2,1-4H3. The average Bonchev–Trinajstić information content (AvgIpc) is 2.37. The fraction of sp³-hybridized carbons (Fsp3) is 1.00. The minimum Gasteiger partial charge on any atom is -0.330 e. The number of rotatable bonds is 13. The minimum absolute atomic E-state index is 0.691. The van der Waals surface area contributed by atoms with Gasteiger partial charge in [0.2, 0.25) is 0 Å². The zero-order valence-electron chi connectivity index (χ0n) is 14.0. The number of unbranched alkanes of at least 4 members (excludes halogenated alkanes) is 2. The van der Waals surface area contributed by atoms with Gasteiger partial charge in [0.15, 0.2) is 0 Å². The molecule has 2 N–H and O–H groups in total. The highest BCUT2D eigenvalue weighted by molar-refractivity contribution is 4.66. The Morgan fingerprint density at radius 2 is 1.53 bits per heavy atom. The van der Waals surface area contributed by atoms with E-state index in [-0.39, 0.29) is 0 Å². The fourth-order valence-electron chi connectivity index (χ4n) is 2.85. The number of nitrogens with zero attached hydrogens (tertiary/aromatic N) is 1. The molecule has 0 amide bonds. The molecule has 0 aliphatic rings. The zero-order chi connectivity index (χ0) is 14.5. The molecule has 19 heavy (non-hydrogen) atoms. The van der Waals surface area contributed by atoms with Crippen molar-refractivity contribution in [3.63, 3.8) is 0 Å². The predicted molar refractivity (Wildman–Crippen MR) is 87.5 cm³/mol. The van der Waals surface area contributed by atoms with Gasteiger partial charge in [0.05, 0.1) is 0 Å². The molecule has 1 unspecified atom stereocenters. The van der Waals surface area contributed by atoms with Crippen LogP contribution in [0.4, 0.5) is 0 Å². The minimum atomic E-state index is 0.691. The topological polar surface area (TPSA) is 29.3 Å². The first kappa shape index (κ1) is 18.9. The van der Waals surface area contributed by atoms with Crippen LogP contribution in [0.3, 0.4) is 0 Å². The van der Waals surface area contributed by atoms with Crippen LogP contribution in [0, 0.1) is 5.92 Å². The lowest BCUT2D eigenvalue weighted by Crippen LogP contribution is -2.33. The zero-order valence-corrected chi connectivity index (χ0v) is 14.0. The third kappa shape index (κ3) is 10.4. The largest absolute Gasteiger partial charge is 0.330 e. The van der Waals surface area contributed by atoms with E-state index in [1.54, 1.807) is 0 Å². The number of nitrogens with two attached hydrogens (primary N) is 1. The molecule has 0 saturated carbocycles. The second-order valence-corrected chi connectivity index (χ2v) is 6.21. The number of hydrogen-bond donors (Lipinski definition) is 1. The highest BCUT2D eigenvalue weighted by Gasteiger charge is 2.11. The lowest BCUT2D eigenvalue weighted by molar-refractivity contribution is 0.206. The van der Waals surface area contributed by atoms with Crippen molar-refractivity contribution in [3.05, 3.63) is 0 Å². The first-order chi connectivity index (χ1) is 9.15. The van der Waals surface area contributed by atoms with Crippen LogP contribution in [-0.4, -0.2) is 30.6 Å². The lowest BCUT2D eigenvalue weighted by Gasteiger charge is -2.27. The second kappa shape index (κ2) is 12.9. The van der Waals surface area contributed by atoms with Gasteiger partial charge in [0.25, 0.3) is 0 Å². The van der Waals surface area contributed by atoms with E-state index in [2.05, 4.69) is 32.6 Å². The molecule has 0 aromatic rings. The van der Waals surface area contributed by atoms with E-state index in [9.17, 15) is 0 Å². The summed E-state index contributed by atoms with van der Waals surface area (Å²) in [6, 6.07) is 0.691. The van der Waals surface area contributed by atoms with Gasteiger partial charge in [-0.3, -0.25) is 0 Å². The van der Waals surface area contributed by atoms with E-state index >= 15 is 0 Å². The molecule has 0 aliphatic carbocycles. The molecule has 0 aromatic carbocycles.